The first-order valence-electron chi connectivity index (χ1n) is 4.38. The van der Waals surface area contributed by atoms with Gasteiger partial charge in [-0.2, -0.15) is 5.26 Å². The van der Waals surface area contributed by atoms with E-state index in [1.54, 1.807) is 23.7 Å². The van der Waals surface area contributed by atoms with Crippen LogP contribution in [-0.2, 0) is 6.61 Å². The molecule has 0 spiro atoms. The smallest absolute Gasteiger partial charge is 0.131 e. The molecule has 0 unspecified atom stereocenters. The van der Waals surface area contributed by atoms with Gasteiger partial charge in [0.1, 0.15) is 12.4 Å². The molecule has 1 aromatic carbocycles. The first kappa shape index (κ1) is 9.69. The Hall–Kier alpha value is -1.86. The molecule has 0 amide bonds. The minimum Gasteiger partial charge on any atom is -0.487 e. The lowest BCUT2D eigenvalue weighted by atomic mass is 10.2. The monoisotopic (exact) mass is 216 g/mol. The largest absolute Gasteiger partial charge is 0.487 e. The minimum atomic E-state index is 0.443. The molecule has 0 saturated carbocycles. The number of ether oxygens (including phenoxy) is 1. The first-order chi connectivity index (χ1) is 7.38. The highest BCUT2D eigenvalue weighted by Gasteiger charge is 1.98. The van der Waals surface area contributed by atoms with Crippen molar-refractivity contribution in [2.75, 3.05) is 0 Å². The molecule has 2 rings (SSSR count). The van der Waals surface area contributed by atoms with Crippen molar-refractivity contribution in [1.82, 2.24) is 4.98 Å². The maximum Gasteiger partial charge on any atom is 0.131 e. The molecule has 0 aliphatic carbocycles. The number of nitrogens with zero attached hydrogens (tertiary/aromatic N) is 2. The van der Waals surface area contributed by atoms with Gasteiger partial charge in [-0.3, -0.25) is 0 Å². The van der Waals surface area contributed by atoms with E-state index in [-0.39, 0.29) is 0 Å². The van der Waals surface area contributed by atoms with Crippen molar-refractivity contribution in [3.63, 3.8) is 0 Å². The summed E-state index contributed by atoms with van der Waals surface area (Å²) in [6.45, 7) is 0.443. The number of thiazole rings is 1. The summed E-state index contributed by atoms with van der Waals surface area (Å²) < 4.78 is 5.49. The summed E-state index contributed by atoms with van der Waals surface area (Å²) in [6, 6.07) is 9.15. The van der Waals surface area contributed by atoms with Crippen LogP contribution >= 0.6 is 11.3 Å². The summed E-state index contributed by atoms with van der Waals surface area (Å²) >= 11 is 1.54. The molecule has 0 saturated heterocycles. The topological polar surface area (TPSA) is 45.9 Å². The Kier molecular flexibility index (Phi) is 2.96. The molecule has 0 aliphatic rings. The molecule has 2 aromatic rings. The highest BCUT2D eigenvalue weighted by Crippen LogP contribution is 2.14. The van der Waals surface area contributed by atoms with Gasteiger partial charge in [-0.25, -0.2) is 4.98 Å². The molecule has 0 bridgehead atoms. The van der Waals surface area contributed by atoms with Crippen LogP contribution in [0.15, 0.2) is 35.2 Å². The fraction of sp³-hybridized carbons (Fsp3) is 0.0909. The van der Waals surface area contributed by atoms with Crippen molar-refractivity contribution in [3.8, 4) is 11.8 Å². The second kappa shape index (κ2) is 4.58. The summed E-state index contributed by atoms with van der Waals surface area (Å²) in [5.41, 5.74) is 3.28. The standard InChI is InChI=1S/C11H8N2OS/c12-5-9-2-1-3-11(4-9)14-6-10-7-15-8-13-10/h1-4,7-8H,6H2. The van der Waals surface area contributed by atoms with E-state index in [9.17, 15) is 0 Å². The van der Waals surface area contributed by atoms with Gasteiger partial charge in [0.15, 0.2) is 0 Å². The zero-order chi connectivity index (χ0) is 10.5. The second-order valence-corrected chi connectivity index (χ2v) is 3.63. The van der Waals surface area contributed by atoms with Crippen LogP contribution in [0.4, 0.5) is 0 Å². The molecule has 4 heteroatoms. The predicted molar refractivity (Wildman–Crippen MR) is 57.6 cm³/mol. The average molecular weight is 216 g/mol. The van der Waals surface area contributed by atoms with E-state index in [0.717, 1.165) is 5.69 Å². The van der Waals surface area contributed by atoms with Gasteiger partial charge in [0.2, 0.25) is 0 Å². The molecule has 0 fully saturated rings. The summed E-state index contributed by atoms with van der Waals surface area (Å²) in [4.78, 5) is 4.10. The fourth-order valence-corrected chi connectivity index (χ4v) is 1.66. The lowest BCUT2D eigenvalue weighted by Gasteiger charge is -2.03. The maximum absolute atomic E-state index is 8.70. The van der Waals surface area contributed by atoms with Gasteiger partial charge in [-0.05, 0) is 18.2 Å². The molecule has 1 heterocycles. The highest BCUT2D eigenvalue weighted by atomic mass is 32.1. The van der Waals surface area contributed by atoms with Crippen molar-refractivity contribution in [2.24, 2.45) is 0 Å². The number of aromatic nitrogens is 1. The molecular formula is C11H8N2OS. The Morgan fingerprint density at radius 2 is 2.40 bits per heavy atom. The van der Waals surface area contributed by atoms with Crippen LogP contribution in [0.2, 0.25) is 0 Å². The second-order valence-electron chi connectivity index (χ2n) is 2.91. The maximum atomic E-state index is 8.70. The number of hydrogen-bond donors (Lipinski definition) is 0. The van der Waals surface area contributed by atoms with Gasteiger partial charge < -0.3 is 4.74 Å². The van der Waals surface area contributed by atoms with Crippen LogP contribution < -0.4 is 4.74 Å². The van der Waals surface area contributed by atoms with E-state index >= 15 is 0 Å². The van der Waals surface area contributed by atoms with Crippen molar-refractivity contribution < 1.29 is 4.74 Å². The van der Waals surface area contributed by atoms with E-state index < -0.39 is 0 Å². The number of hydrogen-bond acceptors (Lipinski definition) is 4. The van der Waals surface area contributed by atoms with E-state index in [0.29, 0.717) is 17.9 Å². The van der Waals surface area contributed by atoms with Gasteiger partial charge in [0.25, 0.3) is 0 Å². The molecule has 3 nitrogen and oxygen atoms in total. The van der Waals surface area contributed by atoms with Crippen LogP contribution in [0.25, 0.3) is 0 Å². The molecule has 0 N–H and O–H groups in total. The van der Waals surface area contributed by atoms with Crippen LogP contribution in [-0.4, -0.2) is 4.98 Å². The van der Waals surface area contributed by atoms with Crippen LogP contribution in [0.1, 0.15) is 11.3 Å². The van der Waals surface area contributed by atoms with Gasteiger partial charge in [0.05, 0.1) is 22.8 Å². The van der Waals surface area contributed by atoms with Gasteiger partial charge in [-0.15, -0.1) is 11.3 Å². The van der Waals surface area contributed by atoms with Gasteiger partial charge in [0, 0.05) is 5.38 Å². The minimum absolute atomic E-state index is 0.443. The Morgan fingerprint density at radius 1 is 1.47 bits per heavy atom. The summed E-state index contributed by atoms with van der Waals surface area (Å²) in [5, 5.41) is 10.6. The Bertz CT molecular complexity index is 474. The molecular weight excluding hydrogens is 208 g/mol. The Labute approximate surface area is 91.6 Å². The molecule has 0 radical (unpaired) electrons. The lowest BCUT2D eigenvalue weighted by Crippen LogP contribution is -1.95. The predicted octanol–water partition coefficient (Wildman–Crippen LogP) is 2.59. The zero-order valence-corrected chi connectivity index (χ0v) is 8.70. The molecule has 15 heavy (non-hydrogen) atoms. The third kappa shape index (κ3) is 2.55. The zero-order valence-electron chi connectivity index (χ0n) is 7.88. The van der Waals surface area contributed by atoms with Crippen LogP contribution in [0.3, 0.4) is 0 Å². The van der Waals surface area contributed by atoms with E-state index in [4.69, 9.17) is 10.00 Å². The number of nitriles is 1. The average Bonchev–Trinajstić information content (AvgIpc) is 2.79. The molecule has 0 aliphatic heterocycles. The fourth-order valence-electron chi connectivity index (χ4n) is 1.12. The SMILES string of the molecule is N#Cc1cccc(OCc2cscn2)c1. The molecule has 1 aromatic heterocycles. The molecule has 0 atom stereocenters. The normalized spacial score (nSPS) is 9.53. The number of rotatable bonds is 3. The lowest BCUT2D eigenvalue weighted by molar-refractivity contribution is 0.302. The van der Waals surface area contributed by atoms with Crippen molar-refractivity contribution in [1.29, 1.82) is 5.26 Å². The molecule has 74 valence electrons. The van der Waals surface area contributed by atoms with E-state index in [1.165, 1.54) is 11.3 Å². The summed E-state index contributed by atoms with van der Waals surface area (Å²) in [5.74, 6) is 0.696. The third-order valence-corrected chi connectivity index (χ3v) is 2.47. The van der Waals surface area contributed by atoms with Crippen molar-refractivity contribution in [3.05, 3.63) is 46.4 Å². The summed E-state index contributed by atoms with van der Waals surface area (Å²) in [6.07, 6.45) is 0. The first-order valence-corrected chi connectivity index (χ1v) is 5.33. The van der Waals surface area contributed by atoms with E-state index in [1.807, 2.05) is 11.4 Å². The number of benzene rings is 1. The quantitative estimate of drug-likeness (QED) is 0.792. The van der Waals surface area contributed by atoms with Gasteiger partial charge in [-0.1, -0.05) is 6.07 Å². The summed E-state index contributed by atoms with van der Waals surface area (Å²) in [7, 11) is 0. The van der Waals surface area contributed by atoms with Crippen LogP contribution in [0, 0.1) is 11.3 Å². The van der Waals surface area contributed by atoms with Crippen molar-refractivity contribution in [2.45, 2.75) is 6.61 Å². The van der Waals surface area contributed by atoms with E-state index in [2.05, 4.69) is 11.1 Å². The Balaban J connectivity index is 2.02. The third-order valence-electron chi connectivity index (χ3n) is 1.83. The Morgan fingerprint density at radius 3 is 3.13 bits per heavy atom. The van der Waals surface area contributed by atoms with Gasteiger partial charge >= 0.3 is 0 Å². The highest BCUT2D eigenvalue weighted by molar-refractivity contribution is 7.07. The van der Waals surface area contributed by atoms with Crippen molar-refractivity contribution >= 4 is 11.3 Å². The van der Waals surface area contributed by atoms with Crippen LogP contribution in [0.5, 0.6) is 5.75 Å².